The van der Waals surface area contributed by atoms with Gasteiger partial charge in [0.05, 0.1) is 5.52 Å². The molecule has 0 aliphatic carbocycles. The van der Waals surface area contributed by atoms with Gasteiger partial charge in [-0.15, -0.1) is 0 Å². The first-order chi connectivity index (χ1) is 11.1. The van der Waals surface area contributed by atoms with E-state index >= 15 is 0 Å². The summed E-state index contributed by atoms with van der Waals surface area (Å²) >= 11 is 0. The molecule has 2 N–H and O–H groups in total. The third-order valence-electron chi connectivity index (χ3n) is 4.09. The Kier molecular flexibility index (Phi) is 4.42. The average Bonchev–Trinajstić information content (AvgIpc) is 2.97. The maximum atomic E-state index is 12.2. The molecule has 0 fully saturated rings. The van der Waals surface area contributed by atoms with Crippen LogP contribution in [0.4, 0.5) is 0 Å². The zero-order chi connectivity index (χ0) is 16.2. The van der Waals surface area contributed by atoms with Crippen molar-refractivity contribution in [3.63, 3.8) is 0 Å². The van der Waals surface area contributed by atoms with Crippen LogP contribution in [0.5, 0.6) is 0 Å². The largest absolute Gasteiger partial charge is 0.351 e. The molecular weight excluding hydrogens is 286 g/mol. The van der Waals surface area contributed by atoms with Crippen molar-refractivity contribution in [3.8, 4) is 0 Å². The molecule has 0 bridgehead atoms. The van der Waals surface area contributed by atoms with E-state index < -0.39 is 0 Å². The lowest BCUT2D eigenvalue weighted by Gasteiger charge is -2.07. The second kappa shape index (κ2) is 6.65. The van der Waals surface area contributed by atoms with E-state index in [2.05, 4.69) is 47.6 Å². The van der Waals surface area contributed by atoms with Gasteiger partial charge in [-0.2, -0.15) is 5.10 Å². The summed E-state index contributed by atoms with van der Waals surface area (Å²) in [6.07, 6.45) is 1.88. The van der Waals surface area contributed by atoms with Gasteiger partial charge in [0.2, 0.25) is 0 Å². The number of nitrogens with zero attached hydrogens (tertiary/aromatic N) is 1. The summed E-state index contributed by atoms with van der Waals surface area (Å²) < 4.78 is 0. The summed E-state index contributed by atoms with van der Waals surface area (Å²) in [5, 5.41) is 10.8. The van der Waals surface area contributed by atoms with E-state index in [0.29, 0.717) is 12.2 Å². The highest BCUT2D eigenvalue weighted by molar-refractivity contribution is 6.04. The van der Waals surface area contributed by atoms with Gasteiger partial charge >= 0.3 is 0 Å². The fraction of sp³-hybridized carbons (Fsp3) is 0.263. The number of H-pyrrole nitrogens is 1. The topological polar surface area (TPSA) is 57.8 Å². The monoisotopic (exact) mass is 307 g/mol. The summed E-state index contributed by atoms with van der Waals surface area (Å²) in [4.78, 5) is 12.2. The Labute approximate surface area is 135 Å². The minimum absolute atomic E-state index is 0.122. The van der Waals surface area contributed by atoms with Gasteiger partial charge in [-0.3, -0.25) is 9.89 Å². The van der Waals surface area contributed by atoms with E-state index in [1.807, 2.05) is 24.3 Å². The van der Waals surface area contributed by atoms with Crippen LogP contribution in [-0.4, -0.2) is 22.6 Å². The summed E-state index contributed by atoms with van der Waals surface area (Å²) in [6, 6.07) is 14.2. The molecule has 0 spiro atoms. The van der Waals surface area contributed by atoms with E-state index in [9.17, 15) is 4.79 Å². The Hall–Kier alpha value is -2.62. The highest BCUT2D eigenvalue weighted by Gasteiger charge is 2.12. The maximum Gasteiger partial charge on any atom is 0.272 e. The number of para-hydroxylation sites is 1. The Bertz CT molecular complexity index is 836. The average molecular weight is 307 g/mol. The van der Waals surface area contributed by atoms with Crippen molar-refractivity contribution in [2.75, 3.05) is 6.54 Å². The second-order valence-electron chi connectivity index (χ2n) is 5.91. The molecule has 23 heavy (non-hydrogen) atoms. The van der Waals surface area contributed by atoms with Crippen molar-refractivity contribution in [2.24, 2.45) is 0 Å². The van der Waals surface area contributed by atoms with Gasteiger partial charge in [-0.1, -0.05) is 42.0 Å². The number of aryl methyl sites for hydroxylation is 3. The number of carbonyl (C=O) groups is 1. The lowest BCUT2D eigenvalue weighted by molar-refractivity contribution is 0.0950. The van der Waals surface area contributed by atoms with Gasteiger partial charge < -0.3 is 5.32 Å². The molecule has 0 aliphatic rings. The van der Waals surface area contributed by atoms with Crippen LogP contribution in [0.1, 0.15) is 33.6 Å². The van der Waals surface area contributed by atoms with Crippen molar-refractivity contribution in [2.45, 2.75) is 26.7 Å². The number of rotatable bonds is 5. The Morgan fingerprint density at radius 1 is 1.17 bits per heavy atom. The van der Waals surface area contributed by atoms with Gasteiger partial charge in [0, 0.05) is 11.9 Å². The molecule has 0 radical (unpaired) electrons. The molecule has 4 heteroatoms. The van der Waals surface area contributed by atoms with Crippen LogP contribution >= 0.6 is 0 Å². The summed E-state index contributed by atoms with van der Waals surface area (Å²) in [5.74, 6) is -0.122. The summed E-state index contributed by atoms with van der Waals surface area (Å²) in [5.41, 5.74) is 5.29. The fourth-order valence-corrected chi connectivity index (χ4v) is 2.83. The third kappa shape index (κ3) is 3.42. The summed E-state index contributed by atoms with van der Waals surface area (Å²) in [6.45, 7) is 4.88. The molecule has 1 amide bonds. The zero-order valence-electron chi connectivity index (χ0n) is 13.5. The van der Waals surface area contributed by atoms with Crippen LogP contribution in [0.25, 0.3) is 10.9 Å². The normalized spacial score (nSPS) is 10.9. The molecule has 1 heterocycles. The van der Waals surface area contributed by atoms with E-state index in [-0.39, 0.29) is 5.91 Å². The first-order valence-corrected chi connectivity index (χ1v) is 7.92. The van der Waals surface area contributed by atoms with E-state index in [4.69, 9.17) is 0 Å². The van der Waals surface area contributed by atoms with Crippen molar-refractivity contribution in [1.29, 1.82) is 0 Å². The van der Waals surface area contributed by atoms with Gasteiger partial charge in [0.25, 0.3) is 5.91 Å². The summed E-state index contributed by atoms with van der Waals surface area (Å²) in [7, 11) is 0. The van der Waals surface area contributed by atoms with Gasteiger partial charge in [0.15, 0.2) is 5.69 Å². The van der Waals surface area contributed by atoms with Crippen LogP contribution in [0.3, 0.4) is 0 Å². The predicted octanol–water partition coefficient (Wildman–Crippen LogP) is 3.54. The first-order valence-electron chi connectivity index (χ1n) is 7.92. The molecule has 0 aliphatic heterocycles. The lowest BCUT2D eigenvalue weighted by Crippen LogP contribution is -2.25. The van der Waals surface area contributed by atoms with Crippen molar-refractivity contribution < 1.29 is 4.79 Å². The second-order valence-corrected chi connectivity index (χ2v) is 5.91. The lowest BCUT2D eigenvalue weighted by atomic mass is 10.0. The number of amides is 1. The number of fused-ring (bicyclic) bond motifs is 1. The molecule has 4 nitrogen and oxygen atoms in total. The number of carbonyl (C=O) groups excluding carboxylic acids is 1. The molecule has 0 saturated heterocycles. The molecule has 1 aromatic heterocycles. The molecule has 118 valence electrons. The maximum absolute atomic E-state index is 12.2. The molecular formula is C19H21N3O. The van der Waals surface area contributed by atoms with Crippen LogP contribution in [0.15, 0.2) is 42.5 Å². The smallest absolute Gasteiger partial charge is 0.272 e. The highest BCUT2D eigenvalue weighted by Crippen LogP contribution is 2.15. The fourth-order valence-electron chi connectivity index (χ4n) is 2.83. The molecule has 0 unspecified atom stereocenters. The quantitative estimate of drug-likeness (QED) is 0.708. The predicted molar refractivity (Wildman–Crippen MR) is 92.7 cm³/mol. The Morgan fingerprint density at radius 2 is 2.00 bits per heavy atom. The zero-order valence-corrected chi connectivity index (χ0v) is 13.5. The standard InChI is InChI=1S/C19H21N3O/c1-13-9-10-15(14(2)12-13)6-5-11-20-19(23)18-16-7-3-4-8-17(16)21-22-18/h3-4,7-10,12H,5-6,11H2,1-2H3,(H,20,23)(H,21,22). The Morgan fingerprint density at radius 3 is 2.83 bits per heavy atom. The molecule has 3 aromatic rings. The van der Waals surface area contributed by atoms with Gasteiger partial charge in [0.1, 0.15) is 0 Å². The molecule has 2 aromatic carbocycles. The number of aromatic amines is 1. The number of hydrogen-bond donors (Lipinski definition) is 2. The van der Waals surface area contributed by atoms with Crippen molar-refractivity contribution in [3.05, 3.63) is 64.8 Å². The van der Waals surface area contributed by atoms with Crippen LogP contribution in [0.2, 0.25) is 0 Å². The van der Waals surface area contributed by atoms with Crippen LogP contribution in [0, 0.1) is 13.8 Å². The van der Waals surface area contributed by atoms with Gasteiger partial charge in [-0.25, -0.2) is 0 Å². The number of benzene rings is 2. The van der Waals surface area contributed by atoms with E-state index in [0.717, 1.165) is 23.7 Å². The number of hydrogen-bond acceptors (Lipinski definition) is 2. The van der Waals surface area contributed by atoms with Crippen LogP contribution in [-0.2, 0) is 6.42 Å². The number of nitrogens with one attached hydrogen (secondary N) is 2. The Balaban J connectivity index is 1.55. The van der Waals surface area contributed by atoms with Crippen molar-refractivity contribution >= 4 is 16.8 Å². The van der Waals surface area contributed by atoms with Gasteiger partial charge in [-0.05, 0) is 43.9 Å². The molecule has 0 saturated carbocycles. The highest BCUT2D eigenvalue weighted by atomic mass is 16.1. The first kappa shape index (κ1) is 15.3. The van der Waals surface area contributed by atoms with Crippen LogP contribution < -0.4 is 5.32 Å². The SMILES string of the molecule is Cc1ccc(CCCNC(=O)c2n[nH]c3ccccc23)c(C)c1. The van der Waals surface area contributed by atoms with E-state index in [1.54, 1.807) is 0 Å². The third-order valence-corrected chi connectivity index (χ3v) is 4.09. The molecule has 3 rings (SSSR count). The molecule has 0 atom stereocenters. The van der Waals surface area contributed by atoms with Crippen molar-refractivity contribution in [1.82, 2.24) is 15.5 Å². The minimum atomic E-state index is -0.122. The van der Waals surface area contributed by atoms with E-state index in [1.165, 1.54) is 16.7 Å². The minimum Gasteiger partial charge on any atom is -0.351 e. The number of aromatic nitrogens is 2.